The van der Waals surface area contributed by atoms with E-state index < -0.39 is 0 Å². The molecule has 14 heavy (non-hydrogen) atoms. The van der Waals surface area contributed by atoms with E-state index in [1.807, 2.05) is 17.8 Å². The minimum Gasteiger partial charge on any atom is -0.383 e. The molecule has 0 atom stereocenters. The summed E-state index contributed by atoms with van der Waals surface area (Å²) < 4.78 is 1.31. The summed E-state index contributed by atoms with van der Waals surface area (Å²) in [5.41, 5.74) is 6.74. The second-order valence-corrected chi connectivity index (χ2v) is 5.54. The molecule has 3 nitrogen and oxygen atoms in total. The van der Waals surface area contributed by atoms with E-state index in [0.29, 0.717) is 0 Å². The Hall–Kier alpha value is -0.680. The van der Waals surface area contributed by atoms with Crippen LogP contribution in [0.4, 0.5) is 5.69 Å². The average Bonchev–Trinajstić information content (AvgIpc) is 2.60. The van der Waals surface area contributed by atoms with E-state index in [1.165, 1.54) is 9.90 Å². The Morgan fingerprint density at radius 1 is 1.71 bits per heavy atom. The molecule has 0 saturated heterocycles. The largest absolute Gasteiger partial charge is 0.383 e. The van der Waals surface area contributed by atoms with Gasteiger partial charge in [0.15, 0.2) is 0 Å². The highest BCUT2D eigenvalue weighted by molar-refractivity contribution is 8.01. The van der Waals surface area contributed by atoms with E-state index in [4.69, 9.17) is 11.1 Å². The zero-order chi connectivity index (χ0) is 10.1. The predicted molar refractivity (Wildman–Crippen MR) is 63.9 cm³/mol. The van der Waals surface area contributed by atoms with E-state index >= 15 is 0 Å². The van der Waals surface area contributed by atoms with Crippen molar-refractivity contribution in [3.63, 3.8) is 0 Å². The van der Waals surface area contributed by atoms with Crippen LogP contribution < -0.4 is 10.6 Å². The van der Waals surface area contributed by atoms with Gasteiger partial charge in [-0.2, -0.15) is 0 Å². The van der Waals surface area contributed by atoms with E-state index in [0.717, 1.165) is 23.7 Å². The fourth-order valence-corrected chi connectivity index (χ4v) is 3.88. The van der Waals surface area contributed by atoms with E-state index in [1.54, 1.807) is 11.3 Å². The molecule has 0 saturated carbocycles. The summed E-state index contributed by atoms with van der Waals surface area (Å²) in [5, 5.41) is 7.40. The quantitative estimate of drug-likeness (QED) is 0.600. The normalized spacial score (nSPS) is 15.4. The van der Waals surface area contributed by atoms with Crippen LogP contribution in [0.5, 0.6) is 0 Å². The standard InChI is InChI=1S/C9H13N3S2/c1-2-12-3-4-13-9-6(12)5-7(14-9)8(10)11/h5H,2-4H2,1H3,(H3,10,11). The number of nitrogens with zero attached hydrogens (tertiary/aromatic N) is 1. The first kappa shape index (κ1) is 9.86. The smallest absolute Gasteiger partial charge is 0.133 e. The molecule has 0 unspecified atom stereocenters. The van der Waals surface area contributed by atoms with Gasteiger partial charge in [0, 0.05) is 18.8 Å². The maximum absolute atomic E-state index is 7.40. The SMILES string of the molecule is CCN1CCSc2sc(C(=N)N)cc21. The molecule has 1 aliphatic rings. The molecule has 0 aromatic carbocycles. The number of amidine groups is 1. The Morgan fingerprint density at radius 2 is 2.50 bits per heavy atom. The van der Waals surface area contributed by atoms with Gasteiger partial charge in [-0.25, -0.2) is 0 Å². The Bertz CT molecular complexity index is 359. The third kappa shape index (κ3) is 1.62. The van der Waals surface area contributed by atoms with Crippen molar-refractivity contribution in [2.45, 2.75) is 11.1 Å². The van der Waals surface area contributed by atoms with Gasteiger partial charge in [-0.1, -0.05) is 0 Å². The van der Waals surface area contributed by atoms with Crippen LogP contribution in [0.25, 0.3) is 0 Å². The van der Waals surface area contributed by atoms with Gasteiger partial charge in [0.25, 0.3) is 0 Å². The lowest BCUT2D eigenvalue weighted by Crippen LogP contribution is -2.27. The molecular formula is C9H13N3S2. The monoisotopic (exact) mass is 227 g/mol. The third-order valence-electron chi connectivity index (χ3n) is 2.26. The molecule has 76 valence electrons. The fourth-order valence-electron chi connectivity index (χ4n) is 1.52. The molecule has 2 rings (SSSR count). The zero-order valence-electron chi connectivity index (χ0n) is 8.04. The minimum absolute atomic E-state index is 0.182. The van der Waals surface area contributed by atoms with Crippen LogP contribution in [0, 0.1) is 5.41 Å². The molecule has 1 aromatic heterocycles. The topological polar surface area (TPSA) is 53.1 Å². The number of thioether (sulfide) groups is 1. The van der Waals surface area contributed by atoms with Crippen molar-refractivity contribution in [2.24, 2.45) is 5.73 Å². The van der Waals surface area contributed by atoms with Gasteiger partial charge >= 0.3 is 0 Å². The number of fused-ring (bicyclic) bond motifs is 1. The molecule has 2 heterocycles. The zero-order valence-corrected chi connectivity index (χ0v) is 9.67. The first-order valence-corrected chi connectivity index (χ1v) is 6.38. The van der Waals surface area contributed by atoms with Crippen LogP contribution in [0.2, 0.25) is 0 Å². The fraction of sp³-hybridized carbons (Fsp3) is 0.444. The lowest BCUT2D eigenvalue weighted by molar-refractivity contribution is 0.857. The Morgan fingerprint density at radius 3 is 3.14 bits per heavy atom. The van der Waals surface area contributed by atoms with Crippen molar-refractivity contribution >= 4 is 34.6 Å². The van der Waals surface area contributed by atoms with E-state index in [9.17, 15) is 0 Å². The van der Waals surface area contributed by atoms with Crippen molar-refractivity contribution in [1.29, 1.82) is 5.41 Å². The molecule has 0 spiro atoms. The van der Waals surface area contributed by atoms with Gasteiger partial charge in [0.1, 0.15) is 5.84 Å². The van der Waals surface area contributed by atoms with Crippen molar-refractivity contribution < 1.29 is 0 Å². The molecule has 5 heteroatoms. The first-order chi connectivity index (χ1) is 6.72. The summed E-state index contributed by atoms with van der Waals surface area (Å²) in [4.78, 5) is 3.23. The highest BCUT2D eigenvalue weighted by Gasteiger charge is 2.20. The van der Waals surface area contributed by atoms with Gasteiger partial charge in [-0.3, -0.25) is 5.41 Å². The Labute approximate surface area is 91.8 Å². The van der Waals surface area contributed by atoms with Crippen LogP contribution >= 0.6 is 23.1 Å². The number of nitrogens with one attached hydrogen (secondary N) is 1. The van der Waals surface area contributed by atoms with Crippen molar-refractivity contribution in [1.82, 2.24) is 0 Å². The summed E-state index contributed by atoms with van der Waals surface area (Å²) in [6.45, 7) is 4.29. The molecule has 1 aliphatic heterocycles. The second kappa shape index (κ2) is 3.82. The minimum atomic E-state index is 0.182. The van der Waals surface area contributed by atoms with Crippen LogP contribution in [0.1, 0.15) is 11.8 Å². The second-order valence-electron chi connectivity index (χ2n) is 3.13. The van der Waals surface area contributed by atoms with E-state index in [2.05, 4.69) is 11.8 Å². The van der Waals surface area contributed by atoms with Crippen molar-refractivity contribution in [3.8, 4) is 0 Å². The van der Waals surface area contributed by atoms with Crippen molar-refractivity contribution in [2.75, 3.05) is 23.7 Å². The summed E-state index contributed by atoms with van der Waals surface area (Å²) in [5.74, 6) is 1.32. The Kier molecular flexibility index (Phi) is 2.69. The number of hydrogen-bond acceptors (Lipinski definition) is 4. The van der Waals surface area contributed by atoms with Gasteiger partial charge in [0.2, 0.25) is 0 Å². The summed E-state index contributed by atoms with van der Waals surface area (Å²) in [6, 6.07) is 2.04. The number of nitrogen functional groups attached to an aromatic ring is 1. The summed E-state index contributed by atoms with van der Waals surface area (Å²) in [6.07, 6.45) is 0. The van der Waals surface area contributed by atoms with E-state index in [-0.39, 0.29) is 5.84 Å². The first-order valence-electron chi connectivity index (χ1n) is 4.58. The summed E-state index contributed by atoms with van der Waals surface area (Å²) >= 11 is 3.50. The van der Waals surface area contributed by atoms with Crippen LogP contribution in [-0.4, -0.2) is 24.7 Å². The predicted octanol–water partition coefficient (Wildman–Crippen LogP) is 1.96. The molecule has 0 bridgehead atoms. The third-order valence-corrected chi connectivity index (χ3v) is 4.68. The van der Waals surface area contributed by atoms with Crippen LogP contribution in [0.3, 0.4) is 0 Å². The van der Waals surface area contributed by atoms with Gasteiger partial charge in [-0.05, 0) is 13.0 Å². The Balaban J connectivity index is 2.38. The highest BCUT2D eigenvalue weighted by atomic mass is 32.2. The lowest BCUT2D eigenvalue weighted by atomic mass is 10.3. The lowest BCUT2D eigenvalue weighted by Gasteiger charge is -2.26. The number of nitrogens with two attached hydrogens (primary N) is 1. The van der Waals surface area contributed by atoms with Gasteiger partial charge in [0.05, 0.1) is 14.8 Å². The molecule has 0 fully saturated rings. The molecule has 0 amide bonds. The van der Waals surface area contributed by atoms with Gasteiger partial charge < -0.3 is 10.6 Å². The summed E-state index contributed by atoms with van der Waals surface area (Å²) in [7, 11) is 0. The van der Waals surface area contributed by atoms with Crippen LogP contribution in [0.15, 0.2) is 10.3 Å². The number of rotatable bonds is 2. The molecule has 1 aromatic rings. The molecule has 3 N–H and O–H groups in total. The molecular weight excluding hydrogens is 214 g/mol. The maximum atomic E-state index is 7.40. The number of hydrogen-bond donors (Lipinski definition) is 2. The molecule has 0 radical (unpaired) electrons. The van der Waals surface area contributed by atoms with Crippen LogP contribution in [-0.2, 0) is 0 Å². The highest BCUT2D eigenvalue weighted by Crippen LogP contribution is 2.41. The van der Waals surface area contributed by atoms with Gasteiger partial charge in [-0.15, -0.1) is 23.1 Å². The molecule has 0 aliphatic carbocycles. The number of anilines is 1. The maximum Gasteiger partial charge on any atom is 0.133 e. The van der Waals surface area contributed by atoms with Crippen molar-refractivity contribution in [3.05, 3.63) is 10.9 Å². The average molecular weight is 227 g/mol. The number of thiophene rings is 1.